The summed E-state index contributed by atoms with van der Waals surface area (Å²) in [5, 5.41) is 0. The Morgan fingerprint density at radius 1 is 1.39 bits per heavy atom. The van der Waals surface area contributed by atoms with Crippen LogP contribution in [0.1, 0.15) is 16.1 Å². The van der Waals surface area contributed by atoms with Crippen molar-refractivity contribution in [1.82, 2.24) is 4.57 Å². The summed E-state index contributed by atoms with van der Waals surface area (Å²) in [4.78, 5) is 23.2. The molecule has 0 bridgehead atoms. The van der Waals surface area contributed by atoms with Gasteiger partial charge in [-0.1, -0.05) is 5.73 Å². The van der Waals surface area contributed by atoms with E-state index in [9.17, 15) is 9.59 Å². The molecule has 0 aromatic carbocycles. The standard InChI is InChI=1S/C12H14N2O4/c1-14-7-5-9(12(16)18-3)10(14)8(4-6-13)11(15)17-2/h5-7H,13H2,1-3H3. The summed E-state index contributed by atoms with van der Waals surface area (Å²) >= 11 is 0. The van der Waals surface area contributed by atoms with Crippen molar-refractivity contribution in [2.75, 3.05) is 14.2 Å². The highest BCUT2D eigenvalue weighted by molar-refractivity contribution is 6.18. The fourth-order valence-corrected chi connectivity index (χ4v) is 1.52. The maximum Gasteiger partial charge on any atom is 0.348 e. The Bertz CT molecular complexity index is 536. The first-order valence-corrected chi connectivity index (χ1v) is 5.06. The summed E-state index contributed by atoms with van der Waals surface area (Å²) in [6.07, 6.45) is 2.71. The van der Waals surface area contributed by atoms with Crippen molar-refractivity contribution in [3.05, 3.63) is 35.5 Å². The average molecular weight is 250 g/mol. The highest BCUT2D eigenvalue weighted by atomic mass is 16.5. The van der Waals surface area contributed by atoms with Gasteiger partial charge in [-0.3, -0.25) is 0 Å². The van der Waals surface area contributed by atoms with E-state index in [1.807, 2.05) is 0 Å². The lowest BCUT2D eigenvalue weighted by molar-refractivity contribution is -0.133. The number of aryl methyl sites for hydroxylation is 1. The monoisotopic (exact) mass is 250 g/mol. The van der Waals surface area contributed by atoms with Gasteiger partial charge in [-0.25, -0.2) is 9.59 Å². The van der Waals surface area contributed by atoms with Crippen molar-refractivity contribution in [1.29, 1.82) is 0 Å². The number of esters is 2. The molecule has 0 atom stereocenters. The maximum atomic E-state index is 11.7. The number of carbonyl (C=O) groups excluding carboxylic acids is 2. The van der Waals surface area contributed by atoms with Crippen LogP contribution in [-0.2, 0) is 21.3 Å². The van der Waals surface area contributed by atoms with Crippen LogP contribution in [0.3, 0.4) is 0 Å². The van der Waals surface area contributed by atoms with Crippen molar-refractivity contribution in [2.24, 2.45) is 12.8 Å². The smallest absolute Gasteiger partial charge is 0.348 e. The Balaban J connectivity index is 3.47. The number of ether oxygens (including phenoxy) is 2. The maximum absolute atomic E-state index is 11.7. The number of methoxy groups -OCH3 is 2. The Kier molecular flexibility index (Phi) is 4.34. The number of nitrogens with zero attached hydrogens (tertiary/aromatic N) is 1. The van der Waals surface area contributed by atoms with Gasteiger partial charge in [-0.15, -0.1) is 0 Å². The van der Waals surface area contributed by atoms with E-state index in [0.717, 1.165) is 6.20 Å². The van der Waals surface area contributed by atoms with E-state index in [1.165, 1.54) is 14.2 Å². The SMILES string of the molecule is COC(=O)C(=C=CN)c1c(C(=O)OC)ccn1C. The molecule has 1 aromatic rings. The Morgan fingerprint density at radius 2 is 2.06 bits per heavy atom. The van der Waals surface area contributed by atoms with Crippen LogP contribution in [0, 0.1) is 0 Å². The van der Waals surface area contributed by atoms with E-state index >= 15 is 0 Å². The van der Waals surface area contributed by atoms with Crippen LogP contribution >= 0.6 is 0 Å². The van der Waals surface area contributed by atoms with Crippen molar-refractivity contribution >= 4 is 17.5 Å². The second-order valence-corrected chi connectivity index (χ2v) is 3.36. The number of hydrogen-bond acceptors (Lipinski definition) is 5. The fourth-order valence-electron chi connectivity index (χ4n) is 1.52. The predicted octanol–water partition coefficient (Wildman–Crippen LogP) is 0.439. The van der Waals surface area contributed by atoms with Gasteiger partial charge in [-0.2, -0.15) is 0 Å². The Hall–Kier alpha value is -2.46. The van der Waals surface area contributed by atoms with Gasteiger partial charge in [0.05, 0.1) is 25.5 Å². The van der Waals surface area contributed by atoms with E-state index in [4.69, 9.17) is 5.73 Å². The third-order valence-corrected chi connectivity index (χ3v) is 2.33. The minimum atomic E-state index is -0.636. The molecule has 6 heteroatoms. The topological polar surface area (TPSA) is 83.6 Å². The van der Waals surface area contributed by atoms with Crippen molar-refractivity contribution in [2.45, 2.75) is 0 Å². The minimum Gasteiger partial charge on any atom is -0.465 e. The summed E-state index contributed by atoms with van der Waals surface area (Å²) in [6, 6.07) is 1.54. The summed E-state index contributed by atoms with van der Waals surface area (Å²) < 4.78 is 10.9. The first-order chi connectivity index (χ1) is 8.56. The summed E-state index contributed by atoms with van der Waals surface area (Å²) in [5.41, 5.74) is 8.46. The molecule has 0 amide bonds. The molecule has 0 fully saturated rings. The van der Waals surface area contributed by atoms with Crippen LogP contribution in [0.5, 0.6) is 0 Å². The third kappa shape index (κ3) is 2.44. The molecule has 0 saturated carbocycles. The molecule has 0 aliphatic heterocycles. The first kappa shape index (κ1) is 13.6. The summed E-state index contributed by atoms with van der Waals surface area (Å²) in [7, 11) is 4.18. The quantitative estimate of drug-likeness (QED) is 0.478. The normalized spacial score (nSPS) is 9.28. The molecule has 96 valence electrons. The van der Waals surface area contributed by atoms with Gasteiger partial charge in [0, 0.05) is 19.4 Å². The third-order valence-electron chi connectivity index (χ3n) is 2.33. The van der Waals surface area contributed by atoms with Crippen LogP contribution in [0.15, 0.2) is 24.2 Å². The molecule has 2 N–H and O–H groups in total. The second kappa shape index (κ2) is 5.75. The molecular formula is C12H14N2O4. The number of rotatable bonds is 3. The highest BCUT2D eigenvalue weighted by Gasteiger charge is 2.23. The predicted molar refractivity (Wildman–Crippen MR) is 64.4 cm³/mol. The highest BCUT2D eigenvalue weighted by Crippen LogP contribution is 2.21. The van der Waals surface area contributed by atoms with Gasteiger partial charge in [0.2, 0.25) is 0 Å². The van der Waals surface area contributed by atoms with Crippen LogP contribution in [0.2, 0.25) is 0 Å². The van der Waals surface area contributed by atoms with Crippen LogP contribution in [0.25, 0.3) is 5.57 Å². The Morgan fingerprint density at radius 3 is 2.56 bits per heavy atom. The molecule has 0 radical (unpaired) electrons. The molecule has 1 heterocycles. The van der Waals surface area contributed by atoms with Crippen molar-refractivity contribution in [3.63, 3.8) is 0 Å². The zero-order chi connectivity index (χ0) is 13.7. The zero-order valence-corrected chi connectivity index (χ0v) is 10.4. The lowest BCUT2D eigenvalue weighted by Gasteiger charge is -2.07. The minimum absolute atomic E-state index is 0.0629. The van der Waals surface area contributed by atoms with E-state index in [-0.39, 0.29) is 11.1 Å². The average Bonchev–Trinajstić information content (AvgIpc) is 2.76. The molecule has 1 rings (SSSR count). The van der Waals surface area contributed by atoms with E-state index in [0.29, 0.717) is 5.69 Å². The van der Waals surface area contributed by atoms with Gasteiger partial charge < -0.3 is 19.8 Å². The summed E-state index contributed by atoms with van der Waals surface area (Å²) in [6.45, 7) is 0. The van der Waals surface area contributed by atoms with Gasteiger partial charge in [-0.05, 0) is 6.07 Å². The second-order valence-electron chi connectivity index (χ2n) is 3.36. The van der Waals surface area contributed by atoms with Gasteiger partial charge >= 0.3 is 11.9 Å². The molecule has 0 saturated heterocycles. The van der Waals surface area contributed by atoms with E-state index in [2.05, 4.69) is 15.2 Å². The number of hydrogen-bond donors (Lipinski definition) is 1. The molecule has 6 nitrogen and oxygen atoms in total. The molecule has 0 unspecified atom stereocenters. The lowest BCUT2D eigenvalue weighted by atomic mass is 10.1. The van der Waals surface area contributed by atoms with Gasteiger partial charge in [0.15, 0.2) is 0 Å². The number of carbonyl (C=O) groups is 2. The lowest BCUT2D eigenvalue weighted by Crippen LogP contribution is -2.12. The molecule has 0 aliphatic carbocycles. The zero-order valence-electron chi connectivity index (χ0n) is 10.4. The fraction of sp³-hybridized carbons (Fsp3) is 0.250. The van der Waals surface area contributed by atoms with Crippen LogP contribution in [-0.4, -0.2) is 30.7 Å². The van der Waals surface area contributed by atoms with Gasteiger partial charge in [0.1, 0.15) is 5.57 Å². The Labute approximate surface area is 104 Å². The molecule has 1 aromatic heterocycles. The van der Waals surface area contributed by atoms with Crippen molar-refractivity contribution in [3.8, 4) is 0 Å². The molecule has 18 heavy (non-hydrogen) atoms. The summed E-state index contributed by atoms with van der Waals surface area (Å²) in [5.74, 6) is -1.19. The van der Waals surface area contributed by atoms with E-state index in [1.54, 1.807) is 23.9 Å². The van der Waals surface area contributed by atoms with Crippen LogP contribution < -0.4 is 5.73 Å². The first-order valence-electron chi connectivity index (χ1n) is 5.06. The van der Waals surface area contributed by atoms with Crippen molar-refractivity contribution < 1.29 is 19.1 Å². The molecule has 0 aliphatic rings. The molecule has 0 spiro atoms. The molecular weight excluding hydrogens is 236 g/mol. The van der Waals surface area contributed by atoms with Crippen LogP contribution in [0.4, 0.5) is 0 Å². The van der Waals surface area contributed by atoms with E-state index < -0.39 is 11.9 Å². The van der Waals surface area contributed by atoms with Gasteiger partial charge in [0.25, 0.3) is 0 Å². The number of aromatic nitrogens is 1. The number of nitrogens with two attached hydrogens (primary N) is 1. The largest absolute Gasteiger partial charge is 0.465 e.